The number of nitrogens with zero attached hydrogens (tertiary/aromatic N) is 1. The standard InChI is InChI=1S/C27H27FN4O2S/c1-4-17-9-11-18(12-10-17)24(31(2)3)16-29-25(33)19-13-14-20-22(15-19)30-27(35)32(26(20)34)23-8-6-5-7-21(23)28/h5-15,24H,4,16H2,1-3H3,(H,29,33)(H,30,35)/p+1/t24-/m1/s1. The Kier molecular flexibility index (Phi) is 7.23. The first-order valence-corrected chi connectivity index (χ1v) is 11.9. The number of para-hydroxylation sites is 1. The summed E-state index contributed by atoms with van der Waals surface area (Å²) in [5.74, 6) is -0.799. The predicted octanol–water partition coefficient (Wildman–Crippen LogP) is 3.37. The molecule has 0 bridgehead atoms. The molecule has 0 spiro atoms. The monoisotopic (exact) mass is 491 g/mol. The van der Waals surface area contributed by atoms with Gasteiger partial charge in [0.25, 0.3) is 11.5 Å². The van der Waals surface area contributed by atoms with Gasteiger partial charge in [0, 0.05) is 11.1 Å². The van der Waals surface area contributed by atoms with Crippen molar-refractivity contribution in [1.29, 1.82) is 0 Å². The Bertz CT molecular complexity index is 1490. The molecule has 3 aromatic carbocycles. The Morgan fingerprint density at radius 2 is 1.83 bits per heavy atom. The van der Waals surface area contributed by atoms with E-state index in [1.165, 1.54) is 22.6 Å². The van der Waals surface area contributed by atoms with Gasteiger partial charge < -0.3 is 15.2 Å². The topological polar surface area (TPSA) is 71.3 Å². The van der Waals surface area contributed by atoms with Crippen LogP contribution in [0.15, 0.2) is 71.5 Å². The molecule has 6 nitrogen and oxygen atoms in total. The van der Waals surface area contributed by atoms with Crippen molar-refractivity contribution in [1.82, 2.24) is 14.9 Å². The molecule has 3 N–H and O–H groups in total. The van der Waals surface area contributed by atoms with E-state index in [0.717, 1.165) is 16.6 Å². The van der Waals surface area contributed by atoms with Crippen LogP contribution in [0.5, 0.6) is 0 Å². The van der Waals surface area contributed by atoms with Gasteiger partial charge in [-0.05, 0) is 54.5 Å². The third-order valence-electron chi connectivity index (χ3n) is 6.21. The van der Waals surface area contributed by atoms with Gasteiger partial charge in [-0.1, -0.05) is 43.3 Å². The van der Waals surface area contributed by atoms with E-state index in [-0.39, 0.29) is 22.4 Å². The second-order valence-corrected chi connectivity index (χ2v) is 9.10. The summed E-state index contributed by atoms with van der Waals surface area (Å²) in [7, 11) is 4.11. The maximum Gasteiger partial charge on any atom is 0.266 e. The molecule has 180 valence electrons. The number of carbonyl (C=O) groups is 1. The van der Waals surface area contributed by atoms with Gasteiger partial charge in [-0.2, -0.15) is 0 Å². The van der Waals surface area contributed by atoms with Crippen LogP contribution in [0, 0.1) is 10.6 Å². The molecular weight excluding hydrogens is 463 g/mol. The number of fused-ring (bicyclic) bond motifs is 1. The van der Waals surface area contributed by atoms with Gasteiger partial charge in [0.05, 0.1) is 37.2 Å². The summed E-state index contributed by atoms with van der Waals surface area (Å²) in [6.07, 6.45) is 0.979. The van der Waals surface area contributed by atoms with E-state index in [0.29, 0.717) is 23.0 Å². The van der Waals surface area contributed by atoms with Crippen LogP contribution in [0.2, 0.25) is 0 Å². The van der Waals surface area contributed by atoms with E-state index in [2.05, 4.69) is 55.6 Å². The Hall–Kier alpha value is -3.62. The highest BCUT2D eigenvalue weighted by atomic mass is 32.1. The van der Waals surface area contributed by atoms with Gasteiger partial charge in [-0.3, -0.25) is 9.59 Å². The minimum Gasteiger partial charge on any atom is -0.346 e. The second-order valence-electron chi connectivity index (χ2n) is 8.72. The number of H-pyrrole nitrogens is 1. The first-order chi connectivity index (χ1) is 16.8. The maximum absolute atomic E-state index is 14.3. The van der Waals surface area contributed by atoms with Crippen molar-refractivity contribution in [2.45, 2.75) is 19.4 Å². The van der Waals surface area contributed by atoms with Crippen LogP contribution in [0.3, 0.4) is 0 Å². The quantitative estimate of drug-likeness (QED) is 0.347. The number of quaternary nitrogens is 1. The van der Waals surface area contributed by atoms with Gasteiger partial charge in [0.2, 0.25) is 0 Å². The van der Waals surface area contributed by atoms with Crippen LogP contribution in [-0.2, 0) is 6.42 Å². The third-order valence-corrected chi connectivity index (χ3v) is 6.49. The molecule has 4 rings (SSSR count). The van der Waals surface area contributed by atoms with Crippen LogP contribution in [0.1, 0.15) is 34.5 Å². The number of hydrogen-bond donors (Lipinski definition) is 3. The van der Waals surface area contributed by atoms with Crippen molar-refractivity contribution in [2.75, 3.05) is 20.6 Å². The predicted molar refractivity (Wildman–Crippen MR) is 138 cm³/mol. The molecule has 0 aliphatic rings. The van der Waals surface area contributed by atoms with E-state index in [1.54, 1.807) is 30.3 Å². The fraction of sp³-hybridized carbons (Fsp3) is 0.222. The molecule has 0 aliphatic carbocycles. The van der Waals surface area contributed by atoms with Gasteiger partial charge in [-0.25, -0.2) is 8.96 Å². The molecule has 0 radical (unpaired) electrons. The zero-order valence-electron chi connectivity index (χ0n) is 19.9. The van der Waals surface area contributed by atoms with Crippen LogP contribution < -0.4 is 15.8 Å². The number of aryl methyl sites for hydroxylation is 1. The number of aromatic amines is 1. The lowest BCUT2D eigenvalue weighted by Crippen LogP contribution is -3.07. The van der Waals surface area contributed by atoms with Crippen LogP contribution >= 0.6 is 12.2 Å². The number of hydrogen-bond acceptors (Lipinski definition) is 3. The summed E-state index contributed by atoms with van der Waals surface area (Å²) >= 11 is 5.34. The summed E-state index contributed by atoms with van der Waals surface area (Å²) in [5, 5.41) is 3.32. The summed E-state index contributed by atoms with van der Waals surface area (Å²) < 4.78 is 15.5. The average molecular weight is 492 g/mol. The number of halogens is 1. The highest BCUT2D eigenvalue weighted by Crippen LogP contribution is 2.16. The van der Waals surface area contributed by atoms with Crippen LogP contribution in [0.4, 0.5) is 4.39 Å². The fourth-order valence-electron chi connectivity index (χ4n) is 4.15. The van der Waals surface area contributed by atoms with Crippen LogP contribution in [-0.4, -0.2) is 36.1 Å². The summed E-state index contributed by atoms with van der Waals surface area (Å²) in [6, 6.07) is 19.2. The van der Waals surface area contributed by atoms with Crippen molar-refractivity contribution >= 4 is 29.0 Å². The van der Waals surface area contributed by atoms with E-state index >= 15 is 0 Å². The Morgan fingerprint density at radius 1 is 1.11 bits per heavy atom. The largest absolute Gasteiger partial charge is 0.346 e. The van der Waals surface area contributed by atoms with Gasteiger partial charge >= 0.3 is 0 Å². The number of likely N-dealkylation sites (N-methyl/N-ethyl adjacent to an activating group) is 1. The molecule has 0 aliphatic heterocycles. The molecule has 4 aromatic rings. The maximum atomic E-state index is 14.3. The normalized spacial score (nSPS) is 12.1. The minimum absolute atomic E-state index is 0.0527. The molecule has 0 saturated carbocycles. The molecule has 8 heteroatoms. The zero-order valence-corrected chi connectivity index (χ0v) is 20.7. The average Bonchev–Trinajstić information content (AvgIpc) is 2.85. The number of aromatic nitrogens is 2. The lowest BCUT2D eigenvalue weighted by molar-refractivity contribution is -0.890. The number of benzene rings is 3. The summed E-state index contributed by atoms with van der Waals surface area (Å²) in [4.78, 5) is 30.2. The van der Waals surface area contributed by atoms with E-state index < -0.39 is 11.4 Å². The van der Waals surface area contributed by atoms with Gasteiger partial charge in [0.15, 0.2) is 4.77 Å². The molecular formula is C27H28FN4O2S+. The Labute approximate surface area is 208 Å². The molecule has 0 saturated heterocycles. The molecule has 0 fully saturated rings. The highest BCUT2D eigenvalue weighted by molar-refractivity contribution is 7.71. The van der Waals surface area contributed by atoms with Crippen molar-refractivity contribution in [3.05, 3.63) is 104 Å². The molecule has 1 aromatic heterocycles. The summed E-state index contributed by atoms with van der Waals surface area (Å²) in [5.41, 5.74) is 2.87. The van der Waals surface area contributed by atoms with E-state index in [1.807, 2.05) is 0 Å². The molecule has 1 atom stereocenters. The lowest BCUT2D eigenvalue weighted by atomic mass is 10.0. The number of nitrogens with one attached hydrogen (secondary N) is 3. The lowest BCUT2D eigenvalue weighted by Gasteiger charge is -2.22. The number of rotatable bonds is 7. The van der Waals surface area contributed by atoms with Crippen LogP contribution in [0.25, 0.3) is 16.6 Å². The van der Waals surface area contributed by atoms with Crippen molar-refractivity contribution in [3.8, 4) is 5.69 Å². The zero-order chi connectivity index (χ0) is 25.1. The molecule has 1 amide bonds. The first kappa shape index (κ1) is 24.5. The Morgan fingerprint density at radius 3 is 2.49 bits per heavy atom. The van der Waals surface area contributed by atoms with Crippen molar-refractivity contribution in [3.63, 3.8) is 0 Å². The van der Waals surface area contributed by atoms with Gasteiger partial charge in [0.1, 0.15) is 11.9 Å². The second kappa shape index (κ2) is 10.3. The van der Waals surface area contributed by atoms with Crippen molar-refractivity contribution in [2.24, 2.45) is 0 Å². The third kappa shape index (κ3) is 5.08. The smallest absolute Gasteiger partial charge is 0.266 e. The van der Waals surface area contributed by atoms with Gasteiger partial charge in [-0.15, -0.1) is 0 Å². The van der Waals surface area contributed by atoms with Crippen molar-refractivity contribution < 1.29 is 14.1 Å². The summed E-state index contributed by atoms with van der Waals surface area (Å²) in [6.45, 7) is 2.57. The van der Waals surface area contributed by atoms with E-state index in [9.17, 15) is 14.0 Å². The first-order valence-electron chi connectivity index (χ1n) is 11.5. The molecule has 0 unspecified atom stereocenters. The molecule has 35 heavy (non-hydrogen) atoms. The number of amides is 1. The minimum atomic E-state index is -0.550. The Balaban J connectivity index is 1.59. The number of carbonyl (C=O) groups excluding carboxylic acids is 1. The van der Waals surface area contributed by atoms with E-state index in [4.69, 9.17) is 12.2 Å². The fourth-order valence-corrected chi connectivity index (χ4v) is 4.44. The SMILES string of the molecule is CCc1ccc([C@@H](CNC(=O)c2ccc3c(=O)n(-c4ccccc4F)c(=S)[nH]c3c2)[NH+](C)C)cc1. The molecule has 1 heterocycles. The highest BCUT2D eigenvalue weighted by Gasteiger charge is 2.20.